The highest BCUT2D eigenvalue weighted by Gasteiger charge is 1.96. The van der Waals surface area contributed by atoms with Crippen LogP contribution in [0.3, 0.4) is 0 Å². The molecule has 1 heterocycles. The Kier molecular flexibility index (Phi) is 9.62. The second-order valence-corrected chi connectivity index (χ2v) is 2.59. The van der Waals surface area contributed by atoms with Crippen LogP contribution in [0.5, 0.6) is 5.75 Å². The van der Waals surface area contributed by atoms with Crippen LogP contribution >= 0.6 is 0 Å². The molecule has 0 aliphatic rings. The molecule has 94 valence electrons. The van der Waals surface area contributed by atoms with Crippen LogP contribution in [0.25, 0.3) is 0 Å². The highest BCUT2D eigenvalue weighted by Crippen LogP contribution is 2.10. The van der Waals surface area contributed by atoms with Crippen molar-refractivity contribution in [2.45, 2.75) is 34.3 Å². The summed E-state index contributed by atoms with van der Waals surface area (Å²) >= 11 is 0. The number of para-hydroxylation sites is 1. The van der Waals surface area contributed by atoms with Crippen molar-refractivity contribution in [2.75, 3.05) is 0 Å². The fourth-order valence-corrected chi connectivity index (χ4v) is 0.986. The van der Waals surface area contributed by atoms with Crippen molar-refractivity contribution in [2.24, 2.45) is 0 Å². The third-order valence-corrected chi connectivity index (χ3v) is 1.62. The van der Waals surface area contributed by atoms with E-state index in [1.54, 1.807) is 6.07 Å². The Labute approximate surface area is 103 Å². The zero-order valence-corrected chi connectivity index (χ0v) is 11.0. The average molecular weight is 235 g/mol. The smallest absolute Gasteiger partial charge is 0.134 e. The van der Waals surface area contributed by atoms with Gasteiger partial charge in [0, 0.05) is 6.07 Å². The van der Waals surface area contributed by atoms with Crippen LogP contribution in [0.1, 0.15) is 33.4 Å². The van der Waals surface area contributed by atoms with E-state index in [0.29, 0.717) is 6.61 Å². The van der Waals surface area contributed by atoms with Crippen molar-refractivity contribution in [3.63, 3.8) is 0 Å². The molecule has 0 spiro atoms. The predicted octanol–water partition coefficient (Wildman–Crippen LogP) is 4.31. The maximum atomic E-state index is 5.43. The maximum Gasteiger partial charge on any atom is 0.134 e. The topological polar surface area (TPSA) is 35.3 Å². The molecular weight excluding hydrogens is 214 g/mol. The van der Waals surface area contributed by atoms with Crippen molar-refractivity contribution in [1.29, 1.82) is 0 Å². The monoisotopic (exact) mass is 235 g/mol. The first-order chi connectivity index (χ1) is 8.45. The van der Waals surface area contributed by atoms with Crippen molar-refractivity contribution in [1.82, 2.24) is 5.16 Å². The summed E-state index contributed by atoms with van der Waals surface area (Å²) in [5.41, 5.74) is 0.795. The standard InChI is InChI=1S/C10H9NO2.2C2H6/c1-2-4-10(5-3-1)12-8-9-6-7-13-11-9;2*1-2/h1-7H,8H2;2*1-2H3. The Hall–Kier alpha value is -1.77. The van der Waals surface area contributed by atoms with Gasteiger partial charge >= 0.3 is 0 Å². The maximum absolute atomic E-state index is 5.43. The number of ether oxygens (including phenoxy) is 1. The van der Waals surface area contributed by atoms with Gasteiger partial charge in [-0.3, -0.25) is 0 Å². The Bertz CT molecular complexity index is 344. The lowest BCUT2D eigenvalue weighted by Gasteiger charge is -2.01. The van der Waals surface area contributed by atoms with E-state index in [4.69, 9.17) is 4.74 Å². The highest BCUT2D eigenvalue weighted by molar-refractivity contribution is 5.21. The number of hydrogen-bond donors (Lipinski definition) is 0. The fraction of sp³-hybridized carbons (Fsp3) is 0.357. The van der Waals surface area contributed by atoms with Crippen LogP contribution in [-0.2, 0) is 6.61 Å². The quantitative estimate of drug-likeness (QED) is 0.795. The van der Waals surface area contributed by atoms with Crippen molar-refractivity contribution in [3.05, 3.63) is 48.4 Å². The molecule has 0 saturated heterocycles. The Morgan fingerprint density at radius 1 is 1.00 bits per heavy atom. The van der Waals surface area contributed by atoms with Crippen LogP contribution in [0, 0.1) is 0 Å². The third kappa shape index (κ3) is 6.40. The molecule has 0 saturated carbocycles. The zero-order chi connectivity index (χ0) is 12.9. The minimum Gasteiger partial charge on any atom is -0.487 e. The number of benzene rings is 1. The van der Waals surface area contributed by atoms with E-state index in [1.165, 1.54) is 6.26 Å². The second kappa shape index (κ2) is 10.7. The molecule has 0 aliphatic heterocycles. The normalized spacial score (nSPS) is 8.24. The van der Waals surface area contributed by atoms with Crippen molar-refractivity contribution in [3.8, 4) is 5.75 Å². The SMILES string of the molecule is CC.CC.c1ccc(OCc2ccon2)cc1. The van der Waals surface area contributed by atoms with Crippen LogP contribution in [0.2, 0.25) is 0 Å². The molecule has 3 heteroatoms. The van der Waals surface area contributed by atoms with Gasteiger partial charge in [0.15, 0.2) is 0 Å². The van der Waals surface area contributed by atoms with Gasteiger partial charge in [0.2, 0.25) is 0 Å². The van der Waals surface area contributed by atoms with Gasteiger partial charge in [0.1, 0.15) is 24.3 Å². The molecule has 0 bridgehead atoms. The van der Waals surface area contributed by atoms with Crippen LogP contribution < -0.4 is 4.74 Å². The zero-order valence-electron chi connectivity index (χ0n) is 11.0. The molecule has 0 N–H and O–H groups in total. The molecule has 0 unspecified atom stereocenters. The van der Waals surface area contributed by atoms with Gasteiger partial charge in [-0.15, -0.1) is 0 Å². The third-order valence-electron chi connectivity index (χ3n) is 1.62. The summed E-state index contributed by atoms with van der Waals surface area (Å²) in [6.07, 6.45) is 1.53. The molecule has 1 aromatic carbocycles. The predicted molar refractivity (Wildman–Crippen MR) is 70.0 cm³/mol. The summed E-state index contributed by atoms with van der Waals surface area (Å²) in [7, 11) is 0. The first kappa shape index (κ1) is 15.2. The fourth-order valence-electron chi connectivity index (χ4n) is 0.986. The van der Waals surface area contributed by atoms with E-state index in [-0.39, 0.29) is 0 Å². The molecule has 0 fully saturated rings. The summed E-state index contributed by atoms with van der Waals surface area (Å²) in [6.45, 7) is 8.44. The van der Waals surface area contributed by atoms with Gasteiger partial charge in [-0.25, -0.2) is 0 Å². The molecule has 1 aromatic heterocycles. The lowest BCUT2D eigenvalue weighted by Crippen LogP contribution is -1.94. The summed E-state index contributed by atoms with van der Waals surface area (Å²) < 4.78 is 10.1. The number of rotatable bonds is 3. The molecular formula is C14H21NO2. The number of hydrogen-bond acceptors (Lipinski definition) is 3. The molecule has 0 amide bonds. The molecule has 0 atom stereocenters. The van der Waals surface area contributed by atoms with Gasteiger partial charge in [-0.2, -0.15) is 0 Å². The molecule has 3 nitrogen and oxygen atoms in total. The minimum atomic E-state index is 0.445. The minimum absolute atomic E-state index is 0.445. The van der Waals surface area contributed by atoms with E-state index in [2.05, 4.69) is 9.68 Å². The van der Waals surface area contributed by atoms with E-state index in [9.17, 15) is 0 Å². The van der Waals surface area contributed by atoms with E-state index < -0.39 is 0 Å². The molecule has 2 rings (SSSR count). The van der Waals surface area contributed by atoms with Gasteiger partial charge in [-0.1, -0.05) is 51.1 Å². The van der Waals surface area contributed by atoms with Crippen molar-refractivity contribution >= 4 is 0 Å². The first-order valence-corrected chi connectivity index (χ1v) is 6.02. The summed E-state index contributed by atoms with van der Waals surface area (Å²) in [5, 5.41) is 3.73. The van der Waals surface area contributed by atoms with Gasteiger partial charge in [0.25, 0.3) is 0 Å². The van der Waals surface area contributed by atoms with Gasteiger partial charge < -0.3 is 9.26 Å². The van der Waals surface area contributed by atoms with Gasteiger partial charge in [0.05, 0.1) is 0 Å². The Balaban J connectivity index is 0.000000581. The Morgan fingerprint density at radius 2 is 1.65 bits per heavy atom. The lowest BCUT2D eigenvalue weighted by molar-refractivity contribution is 0.289. The summed E-state index contributed by atoms with van der Waals surface area (Å²) in [4.78, 5) is 0. The van der Waals surface area contributed by atoms with Gasteiger partial charge in [-0.05, 0) is 12.1 Å². The lowest BCUT2D eigenvalue weighted by atomic mass is 10.3. The molecule has 0 aliphatic carbocycles. The summed E-state index contributed by atoms with van der Waals surface area (Å²) in [6, 6.07) is 11.4. The molecule has 17 heavy (non-hydrogen) atoms. The van der Waals surface area contributed by atoms with Crippen LogP contribution in [-0.4, -0.2) is 5.16 Å². The molecule has 0 radical (unpaired) electrons. The summed E-state index contributed by atoms with van der Waals surface area (Å²) in [5.74, 6) is 0.838. The number of aromatic nitrogens is 1. The number of nitrogens with zero attached hydrogens (tertiary/aromatic N) is 1. The van der Waals surface area contributed by atoms with E-state index in [1.807, 2.05) is 58.0 Å². The van der Waals surface area contributed by atoms with E-state index >= 15 is 0 Å². The van der Waals surface area contributed by atoms with Crippen molar-refractivity contribution < 1.29 is 9.26 Å². The average Bonchev–Trinajstić information content (AvgIpc) is 2.95. The largest absolute Gasteiger partial charge is 0.487 e. The van der Waals surface area contributed by atoms with E-state index in [0.717, 1.165) is 11.4 Å². The molecule has 2 aromatic rings. The first-order valence-electron chi connectivity index (χ1n) is 6.02. The van der Waals surface area contributed by atoms with Crippen LogP contribution in [0.15, 0.2) is 47.2 Å². The second-order valence-electron chi connectivity index (χ2n) is 2.59. The highest BCUT2D eigenvalue weighted by atomic mass is 16.5. The van der Waals surface area contributed by atoms with Crippen LogP contribution in [0.4, 0.5) is 0 Å². The Morgan fingerprint density at radius 3 is 2.18 bits per heavy atom.